The van der Waals surface area contributed by atoms with Crippen molar-refractivity contribution >= 4 is 0 Å². The standard InChI is InChI=1S/C17H24FN/c1-4-7-9-17(19-16(6-3)8-5-2)14-10-12-15(18)13-11-14/h2,10-13,16-17,19H,4,6-9H2,1,3H3. The van der Waals surface area contributed by atoms with Gasteiger partial charge in [-0.15, -0.1) is 12.3 Å². The summed E-state index contributed by atoms with van der Waals surface area (Å²) in [6.07, 6.45) is 10.5. The number of benzene rings is 1. The Morgan fingerprint density at radius 1 is 1.26 bits per heavy atom. The molecule has 0 aliphatic heterocycles. The molecule has 0 saturated heterocycles. The third kappa shape index (κ3) is 5.44. The lowest BCUT2D eigenvalue weighted by molar-refractivity contribution is 0.402. The zero-order chi connectivity index (χ0) is 14.1. The molecule has 0 fully saturated rings. The predicted octanol–water partition coefficient (Wildman–Crippen LogP) is 4.45. The molecule has 2 atom stereocenters. The maximum absolute atomic E-state index is 13.0. The van der Waals surface area contributed by atoms with E-state index in [1.165, 1.54) is 12.1 Å². The van der Waals surface area contributed by atoms with Crippen LogP contribution in [0.5, 0.6) is 0 Å². The minimum absolute atomic E-state index is 0.186. The molecule has 0 aliphatic carbocycles. The fourth-order valence-corrected chi connectivity index (χ4v) is 2.20. The van der Waals surface area contributed by atoms with Crippen molar-refractivity contribution in [1.82, 2.24) is 5.32 Å². The lowest BCUT2D eigenvalue weighted by Crippen LogP contribution is -2.32. The summed E-state index contributed by atoms with van der Waals surface area (Å²) in [6, 6.07) is 7.38. The monoisotopic (exact) mass is 261 g/mol. The van der Waals surface area contributed by atoms with Crippen LogP contribution in [-0.2, 0) is 0 Å². The largest absolute Gasteiger partial charge is 0.306 e. The van der Waals surface area contributed by atoms with Crippen molar-refractivity contribution in [3.63, 3.8) is 0 Å². The van der Waals surface area contributed by atoms with Gasteiger partial charge in [0.1, 0.15) is 5.82 Å². The Balaban J connectivity index is 2.76. The van der Waals surface area contributed by atoms with Gasteiger partial charge >= 0.3 is 0 Å². The van der Waals surface area contributed by atoms with Crippen LogP contribution in [0.25, 0.3) is 0 Å². The van der Waals surface area contributed by atoms with Gasteiger partial charge in [-0.1, -0.05) is 38.8 Å². The van der Waals surface area contributed by atoms with E-state index in [2.05, 4.69) is 25.1 Å². The summed E-state index contributed by atoms with van der Waals surface area (Å²) in [5, 5.41) is 3.61. The molecule has 1 nitrogen and oxygen atoms in total. The predicted molar refractivity (Wildman–Crippen MR) is 79.3 cm³/mol. The Morgan fingerprint density at radius 3 is 2.47 bits per heavy atom. The van der Waals surface area contributed by atoms with E-state index in [9.17, 15) is 4.39 Å². The fourth-order valence-electron chi connectivity index (χ4n) is 2.20. The number of rotatable bonds is 8. The first-order valence-electron chi connectivity index (χ1n) is 7.16. The number of unbranched alkanes of at least 4 members (excludes halogenated alkanes) is 1. The highest BCUT2D eigenvalue weighted by Crippen LogP contribution is 2.21. The normalized spacial score (nSPS) is 13.8. The molecular weight excluding hydrogens is 237 g/mol. The zero-order valence-corrected chi connectivity index (χ0v) is 12.0. The highest BCUT2D eigenvalue weighted by atomic mass is 19.1. The van der Waals surface area contributed by atoms with Crippen LogP contribution in [0.4, 0.5) is 4.39 Å². The minimum Gasteiger partial charge on any atom is -0.306 e. The summed E-state index contributed by atoms with van der Waals surface area (Å²) in [4.78, 5) is 0. The van der Waals surface area contributed by atoms with Gasteiger partial charge in [0, 0.05) is 18.5 Å². The molecule has 0 aromatic heterocycles. The molecule has 0 radical (unpaired) electrons. The summed E-state index contributed by atoms with van der Waals surface area (Å²) >= 11 is 0. The SMILES string of the molecule is C#CCC(CC)NC(CCCC)c1ccc(F)cc1. The maximum atomic E-state index is 13.0. The summed E-state index contributed by atoms with van der Waals surface area (Å²) < 4.78 is 13.0. The molecule has 19 heavy (non-hydrogen) atoms. The molecular formula is C17H24FN. The molecule has 0 heterocycles. The third-order valence-electron chi connectivity index (χ3n) is 3.41. The van der Waals surface area contributed by atoms with Crippen LogP contribution in [-0.4, -0.2) is 6.04 Å². The highest BCUT2D eigenvalue weighted by Gasteiger charge is 2.15. The summed E-state index contributed by atoms with van der Waals surface area (Å²) in [5.74, 6) is 2.53. The van der Waals surface area contributed by atoms with E-state index in [-0.39, 0.29) is 11.9 Å². The van der Waals surface area contributed by atoms with Crippen molar-refractivity contribution < 1.29 is 4.39 Å². The van der Waals surface area contributed by atoms with E-state index in [1.54, 1.807) is 0 Å². The molecule has 2 heteroatoms. The molecule has 1 N–H and O–H groups in total. The molecule has 104 valence electrons. The second kappa shape index (κ2) is 8.72. The van der Waals surface area contributed by atoms with Crippen LogP contribution in [0.3, 0.4) is 0 Å². The average molecular weight is 261 g/mol. The Bertz CT molecular complexity index is 391. The van der Waals surface area contributed by atoms with Crippen LogP contribution in [0, 0.1) is 18.2 Å². The van der Waals surface area contributed by atoms with Crippen LogP contribution >= 0.6 is 0 Å². The van der Waals surface area contributed by atoms with Crippen LogP contribution < -0.4 is 5.32 Å². The van der Waals surface area contributed by atoms with Crippen molar-refractivity contribution in [2.75, 3.05) is 0 Å². The first kappa shape index (κ1) is 15.7. The number of terminal acetylenes is 1. The fraction of sp³-hybridized carbons (Fsp3) is 0.529. The molecule has 2 unspecified atom stereocenters. The lowest BCUT2D eigenvalue weighted by Gasteiger charge is -2.24. The van der Waals surface area contributed by atoms with Gasteiger partial charge in [-0.2, -0.15) is 0 Å². The van der Waals surface area contributed by atoms with Gasteiger partial charge in [-0.3, -0.25) is 0 Å². The summed E-state index contributed by atoms with van der Waals surface area (Å²) in [7, 11) is 0. The van der Waals surface area contributed by atoms with Crippen LogP contribution in [0.1, 0.15) is 57.6 Å². The van der Waals surface area contributed by atoms with E-state index >= 15 is 0 Å². The molecule has 1 aromatic carbocycles. The number of nitrogens with one attached hydrogen (secondary N) is 1. The van der Waals surface area contributed by atoms with E-state index in [0.29, 0.717) is 6.04 Å². The van der Waals surface area contributed by atoms with Gasteiger partial charge in [0.05, 0.1) is 0 Å². The van der Waals surface area contributed by atoms with Gasteiger partial charge in [0.2, 0.25) is 0 Å². The maximum Gasteiger partial charge on any atom is 0.123 e. The van der Waals surface area contributed by atoms with Gasteiger partial charge < -0.3 is 5.32 Å². The lowest BCUT2D eigenvalue weighted by atomic mass is 9.99. The molecule has 1 rings (SSSR count). The minimum atomic E-state index is -0.186. The topological polar surface area (TPSA) is 12.0 Å². The smallest absolute Gasteiger partial charge is 0.123 e. The Kier molecular flexibility index (Phi) is 7.22. The Hall–Kier alpha value is -1.33. The number of hydrogen-bond acceptors (Lipinski definition) is 1. The number of halogens is 1. The zero-order valence-electron chi connectivity index (χ0n) is 12.0. The highest BCUT2D eigenvalue weighted by molar-refractivity contribution is 5.20. The first-order chi connectivity index (χ1) is 9.21. The summed E-state index contributed by atoms with van der Waals surface area (Å²) in [5.41, 5.74) is 1.14. The van der Waals surface area contributed by atoms with Gasteiger partial charge in [-0.05, 0) is 30.5 Å². The first-order valence-corrected chi connectivity index (χ1v) is 7.16. The molecule has 0 amide bonds. The van der Waals surface area contributed by atoms with E-state index in [4.69, 9.17) is 6.42 Å². The molecule has 0 bridgehead atoms. The molecule has 1 aromatic rings. The molecule has 0 saturated carbocycles. The van der Waals surface area contributed by atoms with E-state index in [1.807, 2.05) is 12.1 Å². The second-order valence-corrected chi connectivity index (χ2v) is 4.93. The van der Waals surface area contributed by atoms with E-state index < -0.39 is 0 Å². The quantitative estimate of drug-likeness (QED) is 0.682. The average Bonchev–Trinajstić information content (AvgIpc) is 2.43. The number of hydrogen-bond donors (Lipinski definition) is 1. The van der Waals surface area contributed by atoms with Crippen molar-refractivity contribution in [2.24, 2.45) is 0 Å². The van der Waals surface area contributed by atoms with Crippen molar-refractivity contribution in [2.45, 2.75) is 58.0 Å². The van der Waals surface area contributed by atoms with Gasteiger partial charge in [0.25, 0.3) is 0 Å². The molecule has 0 aliphatic rings. The second-order valence-electron chi connectivity index (χ2n) is 4.93. The van der Waals surface area contributed by atoms with Crippen LogP contribution in [0.2, 0.25) is 0 Å². The third-order valence-corrected chi connectivity index (χ3v) is 3.41. The Labute approximate surface area is 116 Å². The van der Waals surface area contributed by atoms with Crippen molar-refractivity contribution in [3.8, 4) is 12.3 Å². The summed E-state index contributed by atoms with van der Waals surface area (Å²) in [6.45, 7) is 4.32. The van der Waals surface area contributed by atoms with Crippen molar-refractivity contribution in [1.29, 1.82) is 0 Å². The van der Waals surface area contributed by atoms with Crippen molar-refractivity contribution in [3.05, 3.63) is 35.6 Å². The Morgan fingerprint density at radius 2 is 1.95 bits per heavy atom. The van der Waals surface area contributed by atoms with Gasteiger partial charge in [-0.25, -0.2) is 4.39 Å². The van der Waals surface area contributed by atoms with Gasteiger partial charge in [0.15, 0.2) is 0 Å². The molecule has 0 spiro atoms. The van der Waals surface area contributed by atoms with Crippen LogP contribution in [0.15, 0.2) is 24.3 Å². The van der Waals surface area contributed by atoms with E-state index in [0.717, 1.165) is 37.7 Å².